The lowest BCUT2D eigenvalue weighted by atomic mass is 10.3. The quantitative estimate of drug-likeness (QED) is 0.669. The highest BCUT2D eigenvalue weighted by atomic mass is 32.2. The van der Waals surface area contributed by atoms with Gasteiger partial charge in [0.15, 0.2) is 0 Å². The predicted molar refractivity (Wildman–Crippen MR) is 60.7 cm³/mol. The lowest BCUT2D eigenvalue weighted by Crippen LogP contribution is -1.98. The van der Waals surface area contributed by atoms with E-state index in [-0.39, 0.29) is 0 Å². The summed E-state index contributed by atoms with van der Waals surface area (Å²) in [4.78, 5) is 0. The third-order valence-corrected chi connectivity index (χ3v) is 2.85. The summed E-state index contributed by atoms with van der Waals surface area (Å²) in [6.45, 7) is 3.28. The molecule has 0 amide bonds. The van der Waals surface area contributed by atoms with Gasteiger partial charge in [0.25, 0.3) is 0 Å². The van der Waals surface area contributed by atoms with Crippen LogP contribution in [0.15, 0.2) is 16.7 Å². The van der Waals surface area contributed by atoms with Crippen LogP contribution in [0.5, 0.6) is 0 Å². The first-order valence-electron chi connectivity index (χ1n) is 4.90. The molecule has 1 heterocycles. The average molecular weight is 225 g/mol. The Morgan fingerprint density at radius 3 is 3.07 bits per heavy atom. The zero-order valence-electron chi connectivity index (χ0n) is 8.86. The Bertz CT molecular complexity index is 317. The minimum Gasteiger partial charge on any atom is -0.468 e. The van der Waals surface area contributed by atoms with Crippen molar-refractivity contribution in [1.82, 2.24) is 0 Å². The number of aryl methyl sites for hydroxylation is 1. The third-order valence-electron chi connectivity index (χ3n) is 1.93. The molecule has 0 aromatic carbocycles. The number of ether oxygens (including phenoxy) is 1. The second-order valence-corrected chi connectivity index (χ2v) is 4.21. The minimum absolute atomic E-state index is 0.474. The maximum absolute atomic E-state index is 8.28. The zero-order chi connectivity index (χ0) is 10.9. The summed E-state index contributed by atoms with van der Waals surface area (Å²) in [5.41, 5.74) is 1.20. The number of rotatable bonds is 7. The number of hydrogen-bond donors (Lipinski definition) is 0. The summed E-state index contributed by atoms with van der Waals surface area (Å²) in [6, 6.07) is 4.01. The predicted octanol–water partition coefficient (Wildman–Crippen LogP) is 2.75. The Balaban J connectivity index is 1.98. The normalized spacial score (nSPS) is 10.1. The summed E-state index contributed by atoms with van der Waals surface area (Å²) in [5, 5.41) is 8.28. The number of furan rings is 1. The van der Waals surface area contributed by atoms with E-state index in [0.717, 1.165) is 17.3 Å². The summed E-state index contributed by atoms with van der Waals surface area (Å²) in [6.07, 6.45) is 2.19. The van der Waals surface area contributed by atoms with Crippen LogP contribution >= 0.6 is 11.8 Å². The Morgan fingerprint density at radius 1 is 1.53 bits per heavy atom. The van der Waals surface area contributed by atoms with Gasteiger partial charge in [0, 0.05) is 5.75 Å². The van der Waals surface area contributed by atoms with Gasteiger partial charge in [-0.1, -0.05) is 0 Å². The summed E-state index contributed by atoms with van der Waals surface area (Å²) in [5.74, 6) is 2.86. The van der Waals surface area contributed by atoms with E-state index in [1.165, 1.54) is 5.56 Å². The van der Waals surface area contributed by atoms with E-state index in [1.807, 2.05) is 19.1 Å². The molecule has 0 radical (unpaired) electrons. The van der Waals surface area contributed by atoms with Gasteiger partial charge in [-0.3, -0.25) is 0 Å². The largest absolute Gasteiger partial charge is 0.468 e. The molecule has 0 aliphatic carbocycles. The van der Waals surface area contributed by atoms with E-state index in [2.05, 4.69) is 0 Å². The maximum atomic E-state index is 8.28. The first-order valence-corrected chi connectivity index (χ1v) is 6.05. The van der Waals surface area contributed by atoms with Crippen molar-refractivity contribution in [3.63, 3.8) is 0 Å². The molecule has 1 aromatic rings. The first-order chi connectivity index (χ1) is 7.34. The van der Waals surface area contributed by atoms with Gasteiger partial charge >= 0.3 is 0 Å². The molecule has 82 valence electrons. The van der Waals surface area contributed by atoms with Crippen LogP contribution in [0.4, 0.5) is 0 Å². The minimum atomic E-state index is 0.474. The van der Waals surface area contributed by atoms with E-state index < -0.39 is 0 Å². The van der Waals surface area contributed by atoms with Gasteiger partial charge in [-0.05, 0) is 18.6 Å². The summed E-state index contributed by atoms with van der Waals surface area (Å²) in [7, 11) is 0. The molecule has 1 rings (SSSR count). The Labute approximate surface area is 94.4 Å². The molecule has 0 atom stereocenters. The van der Waals surface area contributed by atoms with Crippen molar-refractivity contribution in [2.45, 2.75) is 19.1 Å². The smallest absolute Gasteiger partial charge is 0.116 e. The molecular formula is C11H15NO2S. The molecule has 0 aliphatic rings. The first kappa shape index (κ1) is 12.2. The summed E-state index contributed by atoms with van der Waals surface area (Å²) >= 11 is 1.78. The van der Waals surface area contributed by atoms with E-state index in [0.29, 0.717) is 19.6 Å². The van der Waals surface area contributed by atoms with Crippen molar-refractivity contribution < 1.29 is 9.15 Å². The van der Waals surface area contributed by atoms with Crippen LogP contribution in [0, 0.1) is 18.3 Å². The number of nitriles is 1. The molecule has 3 nitrogen and oxygen atoms in total. The molecule has 0 bridgehead atoms. The van der Waals surface area contributed by atoms with E-state index >= 15 is 0 Å². The molecule has 1 aromatic heterocycles. The molecule has 0 unspecified atom stereocenters. The van der Waals surface area contributed by atoms with Crippen molar-refractivity contribution in [2.75, 3.05) is 19.0 Å². The molecule has 0 aliphatic heterocycles. The van der Waals surface area contributed by atoms with Gasteiger partial charge in [-0.25, -0.2) is 0 Å². The standard InChI is InChI=1S/C11H15NO2S/c1-10-3-6-14-11(10)9-15-8-7-13-5-2-4-12/h3,6H,2,5,7-9H2,1H3. The molecule has 15 heavy (non-hydrogen) atoms. The molecule has 0 N–H and O–H groups in total. The lowest BCUT2D eigenvalue weighted by Gasteiger charge is -2.01. The summed E-state index contributed by atoms with van der Waals surface area (Å²) < 4.78 is 10.6. The fourth-order valence-corrected chi connectivity index (χ4v) is 1.92. The van der Waals surface area contributed by atoms with E-state index in [1.54, 1.807) is 18.0 Å². The van der Waals surface area contributed by atoms with Gasteiger partial charge in [0.2, 0.25) is 0 Å². The van der Waals surface area contributed by atoms with Crippen LogP contribution in [0.25, 0.3) is 0 Å². The van der Waals surface area contributed by atoms with Crippen molar-refractivity contribution >= 4 is 11.8 Å². The number of hydrogen-bond acceptors (Lipinski definition) is 4. The van der Waals surface area contributed by atoms with Crippen LogP contribution < -0.4 is 0 Å². The van der Waals surface area contributed by atoms with E-state index in [4.69, 9.17) is 14.4 Å². The van der Waals surface area contributed by atoms with Gasteiger partial charge in [0.05, 0.1) is 37.7 Å². The van der Waals surface area contributed by atoms with Crippen LogP contribution in [0.2, 0.25) is 0 Å². The van der Waals surface area contributed by atoms with Crippen LogP contribution in [0.3, 0.4) is 0 Å². The lowest BCUT2D eigenvalue weighted by molar-refractivity contribution is 0.156. The highest BCUT2D eigenvalue weighted by Gasteiger charge is 2.00. The molecule has 0 saturated heterocycles. The highest BCUT2D eigenvalue weighted by Crippen LogP contribution is 2.16. The van der Waals surface area contributed by atoms with Gasteiger partial charge in [0.1, 0.15) is 5.76 Å². The zero-order valence-corrected chi connectivity index (χ0v) is 9.68. The number of thioether (sulfide) groups is 1. The Hall–Kier alpha value is -0.920. The van der Waals surface area contributed by atoms with Gasteiger partial charge in [-0.2, -0.15) is 17.0 Å². The van der Waals surface area contributed by atoms with Crippen molar-refractivity contribution in [1.29, 1.82) is 5.26 Å². The van der Waals surface area contributed by atoms with Gasteiger partial charge < -0.3 is 9.15 Å². The topological polar surface area (TPSA) is 46.2 Å². The highest BCUT2D eigenvalue weighted by molar-refractivity contribution is 7.98. The SMILES string of the molecule is Cc1ccoc1CSCCOCCC#N. The van der Waals surface area contributed by atoms with Crippen molar-refractivity contribution in [2.24, 2.45) is 0 Å². The second kappa shape index (κ2) is 7.38. The molecule has 0 saturated carbocycles. The molecule has 0 fully saturated rings. The Kier molecular flexibility index (Phi) is 5.98. The fraction of sp³-hybridized carbons (Fsp3) is 0.545. The van der Waals surface area contributed by atoms with Crippen molar-refractivity contribution in [3.8, 4) is 6.07 Å². The molecular weight excluding hydrogens is 210 g/mol. The third kappa shape index (κ3) is 4.91. The number of nitrogens with zero attached hydrogens (tertiary/aromatic N) is 1. The van der Waals surface area contributed by atoms with Crippen molar-refractivity contribution in [3.05, 3.63) is 23.7 Å². The van der Waals surface area contributed by atoms with Crippen LogP contribution in [-0.4, -0.2) is 19.0 Å². The maximum Gasteiger partial charge on any atom is 0.116 e. The van der Waals surface area contributed by atoms with E-state index in [9.17, 15) is 0 Å². The van der Waals surface area contributed by atoms with Crippen LogP contribution in [-0.2, 0) is 10.5 Å². The van der Waals surface area contributed by atoms with Crippen LogP contribution in [0.1, 0.15) is 17.7 Å². The van der Waals surface area contributed by atoms with Gasteiger partial charge in [-0.15, -0.1) is 0 Å². The molecule has 4 heteroatoms. The fourth-order valence-electron chi connectivity index (χ4n) is 1.05. The second-order valence-electron chi connectivity index (χ2n) is 3.10. The monoisotopic (exact) mass is 225 g/mol. The average Bonchev–Trinajstić information content (AvgIpc) is 2.63. The molecule has 0 spiro atoms. The Morgan fingerprint density at radius 2 is 2.40 bits per heavy atom.